The normalized spacial score (nSPS) is 17.6. The number of halogens is 2. The Hall–Kier alpha value is -0.150. The van der Waals surface area contributed by atoms with Gasteiger partial charge in [-0.3, -0.25) is 0 Å². The molecule has 0 aliphatic carbocycles. The molecule has 0 saturated carbocycles. The number of aromatic nitrogens is 2. The Morgan fingerprint density at radius 1 is 1.89 bits per heavy atom. The molecule has 0 bridgehead atoms. The fourth-order valence-corrected chi connectivity index (χ4v) is 0.991. The fraction of sp³-hybridized carbons (Fsp3) is 0.200. The molecule has 1 rings (SSSR count). The van der Waals surface area contributed by atoms with E-state index in [1.54, 1.807) is 0 Å². The standard InChI is InChI=1S/C5H4BrClN2/c1-3-8-4(6)2-5(7)9-3/h2H,1H3/i1D3,2D. The van der Waals surface area contributed by atoms with Crippen LogP contribution >= 0.6 is 27.5 Å². The lowest BCUT2D eigenvalue weighted by Gasteiger charge is -1.92. The Bertz CT molecular complexity index is 317. The summed E-state index contributed by atoms with van der Waals surface area (Å²) in [5.41, 5.74) is 0. The predicted octanol–water partition coefficient (Wildman–Crippen LogP) is 2.20. The number of hydrogen-bond donors (Lipinski definition) is 0. The maximum absolute atomic E-state index is 7.26. The van der Waals surface area contributed by atoms with E-state index in [-0.39, 0.29) is 21.6 Å². The van der Waals surface area contributed by atoms with E-state index < -0.39 is 6.85 Å². The molecule has 0 N–H and O–H groups in total. The minimum atomic E-state index is -2.40. The molecule has 0 saturated heterocycles. The molecule has 4 heteroatoms. The first-order valence-electron chi connectivity index (χ1n) is 4.02. The van der Waals surface area contributed by atoms with Gasteiger partial charge >= 0.3 is 0 Å². The summed E-state index contributed by atoms with van der Waals surface area (Å²) in [4.78, 5) is 7.06. The van der Waals surface area contributed by atoms with Crippen LogP contribution in [0, 0.1) is 6.85 Å². The molecule has 0 aromatic carbocycles. The quantitative estimate of drug-likeness (QED) is 0.615. The molecule has 0 unspecified atom stereocenters. The van der Waals surface area contributed by atoms with Crippen LogP contribution in [0.15, 0.2) is 10.6 Å². The van der Waals surface area contributed by atoms with Gasteiger partial charge in [0.05, 0.1) is 1.37 Å². The summed E-state index contributed by atoms with van der Waals surface area (Å²) in [5, 5.41) is -0.173. The van der Waals surface area contributed by atoms with Gasteiger partial charge in [0.25, 0.3) is 0 Å². The highest BCUT2D eigenvalue weighted by Gasteiger charge is 1.93. The average molecular weight is 211 g/mol. The largest absolute Gasteiger partial charge is 0.226 e. The van der Waals surface area contributed by atoms with Crippen LogP contribution in [0.2, 0.25) is 5.15 Å². The van der Waals surface area contributed by atoms with Crippen LogP contribution < -0.4 is 0 Å². The first-order valence-corrected chi connectivity index (χ1v) is 3.19. The highest BCUT2D eigenvalue weighted by atomic mass is 79.9. The van der Waals surface area contributed by atoms with Crippen LogP contribution in [0.3, 0.4) is 0 Å². The van der Waals surface area contributed by atoms with Crippen LogP contribution in [-0.2, 0) is 0 Å². The van der Waals surface area contributed by atoms with Crippen molar-refractivity contribution in [3.8, 4) is 0 Å². The zero-order valence-electron chi connectivity index (χ0n) is 8.15. The molecule has 1 aromatic rings. The van der Waals surface area contributed by atoms with Gasteiger partial charge in [-0.15, -0.1) is 0 Å². The Morgan fingerprint density at radius 2 is 2.67 bits per heavy atom. The number of nitrogens with zero attached hydrogens (tertiary/aromatic N) is 2. The van der Waals surface area contributed by atoms with Crippen molar-refractivity contribution in [2.45, 2.75) is 6.85 Å². The minimum Gasteiger partial charge on any atom is -0.226 e. The van der Waals surface area contributed by atoms with Crippen LogP contribution in [0.4, 0.5) is 0 Å². The summed E-state index contributed by atoms with van der Waals surface area (Å²) in [6.07, 6.45) is 0. The molecule has 0 aliphatic rings. The van der Waals surface area contributed by atoms with Crippen molar-refractivity contribution in [2.75, 3.05) is 0 Å². The van der Waals surface area contributed by atoms with Gasteiger partial charge in [-0.05, 0) is 22.8 Å². The van der Waals surface area contributed by atoms with Crippen molar-refractivity contribution in [2.24, 2.45) is 0 Å². The van der Waals surface area contributed by atoms with Crippen molar-refractivity contribution in [3.05, 3.63) is 21.6 Å². The monoisotopic (exact) mass is 210 g/mol. The second kappa shape index (κ2) is 2.62. The number of aryl methyl sites for hydroxylation is 1. The minimum absolute atomic E-state index is 0.0821. The molecule has 48 valence electrons. The maximum Gasteiger partial charge on any atom is 0.133 e. The molecule has 1 aromatic heterocycles. The number of rotatable bonds is 0. The molecule has 0 fully saturated rings. The molecule has 1 heterocycles. The highest BCUT2D eigenvalue weighted by Crippen LogP contribution is 2.11. The van der Waals surface area contributed by atoms with Crippen LogP contribution in [0.1, 0.15) is 11.3 Å². The SMILES string of the molecule is [2H]c1c(Cl)nc(C([2H])([2H])[2H])nc1Br. The van der Waals surface area contributed by atoms with Gasteiger partial charge in [0.15, 0.2) is 0 Å². The van der Waals surface area contributed by atoms with Gasteiger partial charge in [-0.1, -0.05) is 11.6 Å². The molecular formula is C5H4BrClN2. The van der Waals surface area contributed by atoms with Crippen molar-refractivity contribution in [1.29, 1.82) is 0 Å². The summed E-state index contributed by atoms with van der Waals surface area (Å²) >= 11 is 8.42. The van der Waals surface area contributed by atoms with Crippen molar-refractivity contribution >= 4 is 27.5 Å². The third-order valence-electron chi connectivity index (χ3n) is 0.614. The molecular weight excluding hydrogens is 203 g/mol. The van der Waals surface area contributed by atoms with E-state index in [0.717, 1.165) is 0 Å². The Labute approximate surface area is 72.0 Å². The zero-order valence-corrected chi connectivity index (χ0v) is 6.49. The third-order valence-corrected chi connectivity index (χ3v) is 1.17. The first-order chi connectivity index (χ1) is 5.82. The Morgan fingerprint density at radius 3 is 3.22 bits per heavy atom. The molecule has 0 atom stereocenters. The van der Waals surface area contributed by atoms with E-state index in [4.69, 9.17) is 17.1 Å². The topological polar surface area (TPSA) is 25.8 Å². The zero-order chi connectivity index (χ0) is 10.2. The van der Waals surface area contributed by atoms with Crippen LogP contribution in [-0.4, -0.2) is 9.97 Å². The van der Waals surface area contributed by atoms with Crippen LogP contribution in [0.5, 0.6) is 0 Å². The lowest BCUT2D eigenvalue weighted by molar-refractivity contribution is 1.03. The predicted molar refractivity (Wildman–Crippen MR) is 39.5 cm³/mol. The fourth-order valence-electron chi connectivity index (χ4n) is 0.352. The summed E-state index contributed by atoms with van der Waals surface area (Å²) in [5.74, 6) is -0.361. The highest BCUT2D eigenvalue weighted by molar-refractivity contribution is 9.10. The third kappa shape index (κ3) is 1.91. The summed E-state index contributed by atoms with van der Waals surface area (Å²) in [6, 6.07) is -0.116. The molecule has 9 heavy (non-hydrogen) atoms. The molecule has 0 aliphatic heterocycles. The van der Waals surface area contributed by atoms with E-state index >= 15 is 0 Å². The van der Waals surface area contributed by atoms with E-state index in [9.17, 15) is 0 Å². The number of hydrogen-bond acceptors (Lipinski definition) is 2. The van der Waals surface area contributed by atoms with Crippen molar-refractivity contribution in [3.63, 3.8) is 0 Å². The average Bonchev–Trinajstić information content (AvgIpc) is 1.97. The second-order valence-corrected chi connectivity index (χ2v) is 2.36. The summed E-state index contributed by atoms with van der Waals surface area (Å²) in [6.45, 7) is -2.40. The second-order valence-electron chi connectivity index (χ2n) is 1.25. The van der Waals surface area contributed by atoms with E-state index in [2.05, 4.69) is 25.9 Å². The van der Waals surface area contributed by atoms with Crippen molar-refractivity contribution < 1.29 is 5.48 Å². The van der Waals surface area contributed by atoms with Gasteiger partial charge in [0.2, 0.25) is 0 Å². The first kappa shape index (κ1) is 3.30. The Kier molecular flexibility index (Phi) is 0.963. The molecule has 0 amide bonds. The smallest absolute Gasteiger partial charge is 0.133 e. The lowest BCUT2D eigenvalue weighted by Crippen LogP contribution is -1.86. The van der Waals surface area contributed by atoms with E-state index in [1.165, 1.54) is 0 Å². The molecule has 0 radical (unpaired) electrons. The lowest BCUT2D eigenvalue weighted by atomic mass is 10.6. The van der Waals surface area contributed by atoms with Crippen molar-refractivity contribution in [1.82, 2.24) is 9.97 Å². The van der Waals surface area contributed by atoms with Gasteiger partial charge in [0, 0.05) is 10.2 Å². The maximum atomic E-state index is 7.26. The van der Waals surface area contributed by atoms with E-state index in [1.807, 2.05) is 0 Å². The van der Waals surface area contributed by atoms with Gasteiger partial charge in [-0.25, -0.2) is 9.97 Å². The van der Waals surface area contributed by atoms with Gasteiger partial charge in [0.1, 0.15) is 15.6 Å². The van der Waals surface area contributed by atoms with Gasteiger partial charge in [-0.2, -0.15) is 0 Å². The molecule has 0 spiro atoms. The summed E-state index contributed by atoms with van der Waals surface area (Å²) < 4.78 is 28.4. The Balaban J connectivity index is 3.29. The van der Waals surface area contributed by atoms with Crippen LogP contribution in [0.25, 0.3) is 0 Å². The summed E-state index contributed by atoms with van der Waals surface area (Å²) in [7, 11) is 0. The van der Waals surface area contributed by atoms with E-state index in [0.29, 0.717) is 0 Å². The molecule has 2 nitrogen and oxygen atoms in total. The van der Waals surface area contributed by atoms with Gasteiger partial charge < -0.3 is 0 Å².